The van der Waals surface area contributed by atoms with Crippen molar-refractivity contribution in [1.29, 1.82) is 0 Å². The van der Waals surface area contributed by atoms with E-state index in [1.165, 1.54) is 10.4 Å². The second-order valence-corrected chi connectivity index (χ2v) is 14.5. The highest BCUT2D eigenvalue weighted by atomic mass is 35.5. The third-order valence-corrected chi connectivity index (χ3v) is 12.0. The molecule has 0 N–H and O–H groups in total. The average Bonchev–Trinajstić information content (AvgIpc) is 3.22. The lowest BCUT2D eigenvalue weighted by Gasteiger charge is -2.43. The van der Waals surface area contributed by atoms with Crippen LogP contribution in [0.15, 0.2) is 91.1 Å². The summed E-state index contributed by atoms with van der Waals surface area (Å²) in [4.78, 5) is 0. The normalized spacial score (nSPS) is 12.2. The van der Waals surface area contributed by atoms with E-state index < -0.39 is 8.32 Å². The first-order valence-electron chi connectivity index (χ1n) is 10.8. The number of hydrogen-bond acceptors (Lipinski definition) is 1. The highest BCUT2D eigenvalue weighted by Crippen LogP contribution is 2.39. The summed E-state index contributed by atoms with van der Waals surface area (Å²) in [6.45, 7) is 7.03. The number of hydrogen-bond donors (Lipinski definition) is 0. The molecule has 6 heteroatoms. The molecule has 0 spiro atoms. The molecule has 0 saturated carbocycles. The van der Waals surface area contributed by atoms with Gasteiger partial charge in [-0.25, -0.2) is 0 Å². The Balaban J connectivity index is 1.83. The first-order valence-corrected chi connectivity index (χ1v) is 13.8. The van der Waals surface area contributed by atoms with Gasteiger partial charge >= 0.3 is 0 Å². The van der Waals surface area contributed by atoms with E-state index >= 15 is 0 Å². The molecule has 0 atom stereocenters. The molecule has 0 aliphatic carbocycles. The summed E-state index contributed by atoms with van der Waals surface area (Å²) in [6.07, 6.45) is 1.88. The lowest BCUT2D eigenvalue weighted by atomic mass is 10.2. The van der Waals surface area contributed by atoms with Gasteiger partial charge in [-0.15, -0.1) is 0 Å². The quantitative estimate of drug-likeness (QED) is 0.243. The van der Waals surface area contributed by atoms with Crippen LogP contribution in [0.4, 0.5) is 0 Å². The van der Waals surface area contributed by atoms with Crippen LogP contribution in [0.5, 0.6) is 0 Å². The zero-order chi connectivity index (χ0) is 23.6. The minimum Gasteiger partial charge on any atom is -0.403 e. The van der Waals surface area contributed by atoms with Crippen molar-refractivity contribution in [2.75, 3.05) is 0 Å². The summed E-state index contributed by atoms with van der Waals surface area (Å²) in [7, 11) is -2.72. The van der Waals surface area contributed by atoms with Gasteiger partial charge in [0.05, 0.1) is 17.3 Å². The van der Waals surface area contributed by atoms with Crippen molar-refractivity contribution in [3.05, 3.63) is 112 Å². The number of halogens is 3. The van der Waals surface area contributed by atoms with Gasteiger partial charge in [-0.3, -0.25) is 0 Å². The Morgan fingerprint density at radius 1 is 0.758 bits per heavy atom. The lowest BCUT2D eigenvalue weighted by Crippen LogP contribution is -2.66. The van der Waals surface area contributed by atoms with Crippen LogP contribution in [0.3, 0.4) is 0 Å². The van der Waals surface area contributed by atoms with Crippen molar-refractivity contribution in [1.82, 2.24) is 4.57 Å². The van der Waals surface area contributed by atoms with Gasteiger partial charge in [-0.05, 0) is 39.7 Å². The topological polar surface area (TPSA) is 14.2 Å². The molecule has 2 nitrogen and oxygen atoms in total. The summed E-state index contributed by atoms with van der Waals surface area (Å²) in [5.74, 6) is 0. The molecule has 0 fully saturated rings. The highest BCUT2D eigenvalue weighted by Gasteiger charge is 2.50. The van der Waals surface area contributed by atoms with Gasteiger partial charge in [0.15, 0.2) is 0 Å². The van der Waals surface area contributed by atoms with Crippen LogP contribution in [-0.4, -0.2) is 12.9 Å². The van der Waals surface area contributed by atoms with Crippen molar-refractivity contribution in [3.8, 4) is 5.69 Å². The molecule has 4 aromatic rings. The van der Waals surface area contributed by atoms with Crippen LogP contribution in [0, 0.1) is 0 Å². The van der Waals surface area contributed by atoms with E-state index in [9.17, 15) is 0 Å². The van der Waals surface area contributed by atoms with Crippen molar-refractivity contribution < 1.29 is 4.43 Å². The molecule has 4 rings (SSSR count). The molecular formula is C27H26Cl3NOSi. The fourth-order valence-electron chi connectivity index (χ4n) is 4.40. The third-order valence-electron chi connectivity index (χ3n) is 5.97. The molecule has 0 aliphatic heterocycles. The third kappa shape index (κ3) is 4.53. The maximum absolute atomic E-state index is 7.04. The Hall–Kier alpha value is -2.01. The van der Waals surface area contributed by atoms with Gasteiger partial charge in [-0.2, -0.15) is 0 Å². The average molecular weight is 515 g/mol. The first-order chi connectivity index (χ1) is 15.8. The van der Waals surface area contributed by atoms with E-state index in [0.717, 1.165) is 11.3 Å². The van der Waals surface area contributed by atoms with Gasteiger partial charge in [-0.1, -0.05) is 116 Å². The molecule has 170 valence electrons. The predicted octanol–water partition coefficient (Wildman–Crippen LogP) is 7.51. The summed E-state index contributed by atoms with van der Waals surface area (Å²) >= 11 is 19.9. The maximum Gasteiger partial charge on any atom is 0.261 e. The molecule has 0 unspecified atom stereocenters. The fourth-order valence-corrected chi connectivity index (χ4v) is 9.71. The van der Waals surface area contributed by atoms with E-state index in [1.54, 1.807) is 0 Å². The highest BCUT2D eigenvalue weighted by molar-refractivity contribution is 6.99. The second kappa shape index (κ2) is 9.69. The molecule has 0 bridgehead atoms. The Morgan fingerprint density at radius 3 is 1.82 bits per heavy atom. The second-order valence-electron chi connectivity index (χ2n) is 9.01. The van der Waals surface area contributed by atoms with Crippen molar-refractivity contribution >= 4 is 53.5 Å². The van der Waals surface area contributed by atoms with Gasteiger partial charge in [0.1, 0.15) is 5.15 Å². The van der Waals surface area contributed by atoms with E-state index in [2.05, 4.69) is 69.3 Å². The van der Waals surface area contributed by atoms with Crippen LogP contribution >= 0.6 is 34.8 Å². The molecule has 33 heavy (non-hydrogen) atoms. The van der Waals surface area contributed by atoms with Crippen LogP contribution in [0.2, 0.25) is 20.2 Å². The number of nitrogens with zero attached hydrogens (tertiary/aromatic N) is 1. The lowest BCUT2D eigenvalue weighted by molar-refractivity contribution is 0.286. The van der Waals surface area contributed by atoms with E-state index in [4.69, 9.17) is 39.2 Å². The summed E-state index contributed by atoms with van der Waals surface area (Å²) in [5, 5.41) is 3.97. The smallest absolute Gasteiger partial charge is 0.261 e. The van der Waals surface area contributed by atoms with Crippen LogP contribution < -0.4 is 10.4 Å². The number of rotatable bonds is 6. The molecule has 0 amide bonds. The summed E-state index contributed by atoms with van der Waals surface area (Å²) < 4.78 is 8.88. The van der Waals surface area contributed by atoms with Crippen LogP contribution in [0.1, 0.15) is 26.3 Å². The van der Waals surface area contributed by atoms with Gasteiger partial charge < -0.3 is 8.99 Å². The first kappa shape index (κ1) is 24.1. The predicted molar refractivity (Wildman–Crippen MR) is 143 cm³/mol. The summed E-state index contributed by atoms with van der Waals surface area (Å²) in [6, 6.07) is 28.5. The molecule has 1 aromatic heterocycles. The minimum atomic E-state index is -2.72. The molecular weight excluding hydrogens is 489 g/mol. The Kier molecular flexibility index (Phi) is 7.08. The fraction of sp³-hybridized carbons (Fsp3) is 0.185. The largest absolute Gasteiger partial charge is 0.403 e. The van der Waals surface area contributed by atoms with Crippen molar-refractivity contribution in [2.45, 2.75) is 32.4 Å². The SMILES string of the molecule is CC(C)(C)[Si](OCc1c(Cl)ccc(-n2cccc2Cl)c1Cl)(c1ccccc1)c1ccccc1. The molecule has 1 heterocycles. The van der Waals surface area contributed by atoms with E-state index in [0.29, 0.717) is 15.2 Å². The molecule has 0 aliphatic rings. The Bertz CT molecular complexity index is 1190. The monoisotopic (exact) mass is 513 g/mol. The van der Waals surface area contributed by atoms with Crippen molar-refractivity contribution in [3.63, 3.8) is 0 Å². The molecule has 0 saturated heterocycles. The number of benzene rings is 3. The standard InChI is InChI=1S/C27H26Cl3NOSi/c1-27(2,3)33(20-11-6-4-7-12-20,21-13-8-5-9-14-21)32-19-22-23(28)16-17-24(26(22)30)31-18-10-15-25(31)29/h4-18H,19H2,1-3H3. The van der Waals surface area contributed by atoms with E-state index in [1.807, 2.05) is 47.2 Å². The maximum atomic E-state index is 7.04. The number of aromatic nitrogens is 1. The van der Waals surface area contributed by atoms with E-state index in [-0.39, 0.29) is 11.6 Å². The van der Waals surface area contributed by atoms with Gasteiger partial charge in [0.2, 0.25) is 0 Å². The van der Waals surface area contributed by atoms with Crippen molar-refractivity contribution in [2.24, 2.45) is 0 Å². The molecule has 0 radical (unpaired) electrons. The van der Waals surface area contributed by atoms with Gasteiger partial charge in [0, 0.05) is 16.8 Å². The Morgan fingerprint density at radius 2 is 1.33 bits per heavy atom. The van der Waals surface area contributed by atoms with Gasteiger partial charge in [0.25, 0.3) is 8.32 Å². The summed E-state index contributed by atoms with van der Waals surface area (Å²) in [5.41, 5.74) is 1.53. The van der Waals surface area contributed by atoms with Crippen LogP contribution in [-0.2, 0) is 11.0 Å². The minimum absolute atomic E-state index is 0.143. The zero-order valence-corrected chi connectivity index (χ0v) is 22.1. The zero-order valence-electron chi connectivity index (χ0n) is 18.9. The van der Waals surface area contributed by atoms with Crippen LogP contribution in [0.25, 0.3) is 5.69 Å². The Labute approximate surface area is 211 Å². The molecule has 3 aromatic carbocycles.